The Morgan fingerprint density at radius 1 is 1.48 bits per heavy atom. The molecule has 1 N–H and O–H groups in total. The van der Waals surface area contributed by atoms with Crippen molar-refractivity contribution in [1.29, 1.82) is 0 Å². The van der Waals surface area contributed by atoms with Gasteiger partial charge < -0.3 is 19.0 Å². The van der Waals surface area contributed by atoms with Crippen molar-refractivity contribution in [1.82, 2.24) is 19.8 Å². The summed E-state index contributed by atoms with van der Waals surface area (Å²) in [4.78, 5) is 18.5. The summed E-state index contributed by atoms with van der Waals surface area (Å²) in [5.74, 6) is 0.591. The van der Waals surface area contributed by atoms with Crippen molar-refractivity contribution in [3.05, 3.63) is 42.4 Å². The number of hydrogen-bond donors (Lipinski definition) is 1. The molecule has 0 bridgehead atoms. The molecule has 0 saturated carbocycles. The summed E-state index contributed by atoms with van der Waals surface area (Å²) >= 11 is 0. The average Bonchev–Trinajstić information content (AvgIpc) is 3.17. The SMILES string of the molecule is CN1CCO[C@@H](CNC(=O)Cc2ccco2)[C@@H]1c1cncn1C. The van der Waals surface area contributed by atoms with Crippen LogP contribution in [-0.2, 0) is 23.0 Å². The van der Waals surface area contributed by atoms with Gasteiger partial charge in [0, 0.05) is 26.3 Å². The third kappa shape index (κ3) is 3.62. The Morgan fingerprint density at radius 3 is 3.04 bits per heavy atom. The first-order chi connectivity index (χ1) is 11.1. The fraction of sp³-hybridized carbons (Fsp3) is 0.500. The highest BCUT2D eigenvalue weighted by Gasteiger charge is 2.33. The molecule has 1 saturated heterocycles. The van der Waals surface area contributed by atoms with Crippen LogP contribution in [0.15, 0.2) is 35.3 Å². The van der Waals surface area contributed by atoms with E-state index in [2.05, 4.69) is 22.2 Å². The highest BCUT2D eigenvalue weighted by molar-refractivity contribution is 5.77. The second kappa shape index (κ2) is 6.97. The molecule has 2 aromatic rings. The number of likely N-dealkylation sites (N-methyl/N-ethyl adjacent to an activating group) is 1. The number of furan rings is 1. The van der Waals surface area contributed by atoms with E-state index in [1.165, 1.54) is 0 Å². The Bertz CT molecular complexity index is 638. The van der Waals surface area contributed by atoms with E-state index in [1.54, 1.807) is 24.7 Å². The zero-order valence-corrected chi connectivity index (χ0v) is 13.4. The first-order valence-corrected chi connectivity index (χ1v) is 7.72. The van der Waals surface area contributed by atoms with E-state index < -0.39 is 0 Å². The van der Waals surface area contributed by atoms with Crippen molar-refractivity contribution in [3.8, 4) is 0 Å². The molecule has 1 aliphatic heterocycles. The first kappa shape index (κ1) is 15.8. The average molecular weight is 318 g/mol. The number of carbonyl (C=O) groups is 1. The zero-order valence-electron chi connectivity index (χ0n) is 13.4. The third-order valence-corrected chi connectivity index (χ3v) is 4.18. The summed E-state index contributed by atoms with van der Waals surface area (Å²) in [7, 11) is 4.04. The smallest absolute Gasteiger partial charge is 0.227 e. The van der Waals surface area contributed by atoms with E-state index in [-0.39, 0.29) is 24.5 Å². The monoisotopic (exact) mass is 318 g/mol. The van der Waals surface area contributed by atoms with Crippen molar-refractivity contribution in [2.75, 3.05) is 26.7 Å². The number of aryl methyl sites for hydroxylation is 1. The number of hydrogen-bond acceptors (Lipinski definition) is 5. The quantitative estimate of drug-likeness (QED) is 0.880. The minimum atomic E-state index is -0.107. The van der Waals surface area contributed by atoms with Crippen LogP contribution < -0.4 is 5.32 Å². The first-order valence-electron chi connectivity index (χ1n) is 7.72. The highest BCUT2D eigenvalue weighted by atomic mass is 16.5. The lowest BCUT2D eigenvalue weighted by atomic mass is 10.0. The molecular formula is C16H22N4O3. The summed E-state index contributed by atoms with van der Waals surface area (Å²) in [5.41, 5.74) is 1.08. The van der Waals surface area contributed by atoms with Gasteiger partial charge >= 0.3 is 0 Å². The molecule has 0 unspecified atom stereocenters. The lowest BCUT2D eigenvalue weighted by Gasteiger charge is -2.39. The lowest BCUT2D eigenvalue weighted by Crippen LogP contribution is -2.49. The summed E-state index contributed by atoms with van der Waals surface area (Å²) in [6, 6.07) is 3.64. The third-order valence-electron chi connectivity index (χ3n) is 4.18. The largest absolute Gasteiger partial charge is 0.469 e. The van der Waals surface area contributed by atoms with Crippen LogP contribution in [0.25, 0.3) is 0 Å². The van der Waals surface area contributed by atoms with Gasteiger partial charge in [0.05, 0.1) is 43.5 Å². The van der Waals surface area contributed by atoms with Gasteiger partial charge in [-0.05, 0) is 19.2 Å². The van der Waals surface area contributed by atoms with Crippen LogP contribution in [0.5, 0.6) is 0 Å². The number of carbonyl (C=O) groups excluding carboxylic acids is 1. The molecule has 0 spiro atoms. The van der Waals surface area contributed by atoms with Crippen molar-refractivity contribution in [2.24, 2.45) is 7.05 Å². The molecule has 1 fully saturated rings. The summed E-state index contributed by atoms with van der Waals surface area (Å²) in [5, 5.41) is 2.94. The Hall–Kier alpha value is -2.12. The zero-order chi connectivity index (χ0) is 16.2. The Kier molecular flexibility index (Phi) is 4.78. The van der Waals surface area contributed by atoms with Crippen molar-refractivity contribution in [3.63, 3.8) is 0 Å². The van der Waals surface area contributed by atoms with Gasteiger partial charge in [-0.2, -0.15) is 0 Å². The second-order valence-corrected chi connectivity index (χ2v) is 5.82. The maximum Gasteiger partial charge on any atom is 0.227 e. The molecule has 3 heterocycles. The molecule has 7 nitrogen and oxygen atoms in total. The van der Waals surface area contributed by atoms with Crippen LogP contribution in [0.4, 0.5) is 0 Å². The molecule has 0 aliphatic carbocycles. The predicted octanol–water partition coefficient (Wildman–Crippen LogP) is 0.744. The molecule has 2 atom stereocenters. The second-order valence-electron chi connectivity index (χ2n) is 5.82. The Labute approximate surface area is 135 Å². The molecule has 23 heavy (non-hydrogen) atoms. The van der Waals surface area contributed by atoms with E-state index >= 15 is 0 Å². The van der Waals surface area contributed by atoms with Crippen molar-refractivity contribution in [2.45, 2.75) is 18.6 Å². The van der Waals surface area contributed by atoms with Crippen LogP contribution in [0.1, 0.15) is 17.5 Å². The summed E-state index contributed by atoms with van der Waals surface area (Å²) < 4.78 is 13.1. The van der Waals surface area contributed by atoms with Crippen LogP contribution in [-0.4, -0.2) is 53.2 Å². The Morgan fingerprint density at radius 2 is 2.35 bits per heavy atom. The number of nitrogens with one attached hydrogen (secondary N) is 1. The van der Waals surface area contributed by atoms with Crippen LogP contribution in [0.3, 0.4) is 0 Å². The number of nitrogens with zero attached hydrogens (tertiary/aromatic N) is 3. The number of amides is 1. The van der Waals surface area contributed by atoms with Crippen LogP contribution >= 0.6 is 0 Å². The molecule has 124 valence electrons. The van der Waals surface area contributed by atoms with Crippen molar-refractivity contribution < 1.29 is 13.9 Å². The van der Waals surface area contributed by atoms with Crippen molar-refractivity contribution >= 4 is 5.91 Å². The van der Waals surface area contributed by atoms with Gasteiger partial charge in [0.2, 0.25) is 5.91 Å². The van der Waals surface area contributed by atoms with Gasteiger partial charge in [-0.15, -0.1) is 0 Å². The molecule has 2 aromatic heterocycles. The van der Waals surface area contributed by atoms with Crippen LogP contribution in [0, 0.1) is 0 Å². The van der Waals surface area contributed by atoms with Gasteiger partial charge in [0.1, 0.15) is 5.76 Å². The molecular weight excluding hydrogens is 296 g/mol. The number of ether oxygens (including phenoxy) is 1. The standard InChI is InChI=1S/C16H22N4O3/c1-19-5-7-23-14(16(19)13-9-17-11-20(13)2)10-18-15(21)8-12-4-3-6-22-12/h3-4,6,9,11,14,16H,5,7-8,10H2,1-2H3,(H,18,21)/t14-,16-/m0/s1. The maximum atomic E-state index is 12.0. The fourth-order valence-corrected chi connectivity index (χ4v) is 2.95. The summed E-state index contributed by atoms with van der Waals surface area (Å²) in [6.45, 7) is 1.97. The topological polar surface area (TPSA) is 72.5 Å². The molecule has 1 aliphatic rings. The minimum absolute atomic E-state index is 0.0690. The molecule has 0 aromatic carbocycles. The molecule has 0 radical (unpaired) electrons. The molecule has 7 heteroatoms. The number of rotatable bonds is 5. The van der Waals surface area contributed by atoms with Crippen LogP contribution in [0.2, 0.25) is 0 Å². The van der Waals surface area contributed by atoms with E-state index in [0.29, 0.717) is 18.9 Å². The summed E-state index contributed by atoms with van der Waals surface area (Å²) in [6.07, 6.45) is 5.34. The lowest BCUT2D eigenvalue weighted by molar-refractivity contribution is -0.122. The normalized spacial score (nSPS) is 22.2. The van der Waals surface area contributed by atoms with Gasteiger partial charge in [-0.3, -0.25) is 9.69 Å². The minimum Gasteiger partial charge on any atom is -0.469 e. The van der Waals surface area contributed by atoms with Gasteiger partial charge in [-0.25, -0.2) is 4.98 Å². The number of aromatic nitrogens is 2. The number of morpholine rings is 1. The molecule has 3 rings (SSSR count). The maximum absolute atomic E-state index is 12.0. The highest BCUT2D eigenvalue weighted by Crippen LogP contribution is 2.27. The fourth-order valence-electron chi connectivity index (χ4n) is 2.95. The molecule has 1 amide bonds. The van der Waals surface area contributed by atoms with E-state index in [9.17, 15) is 4.79 Å². The van der Waals surface area contributed by atoms with Gasteiger partial charge in [0.15, 0.2) is 0 Å². The van der Waals surface area contributed by atoms with E-state index in [1.807, 2.05) is 17.8 Å². The number of imidazole rings is 1. The van der Waals surface area contributed by atoms with E-state index in [4.69, 9.17) is 9.15 Å². The predicted molar refractivity (Wildman–Crippen MR) is 83.7 cm³/mol. The van der Waals surface area contributed by atoms with Gasteiger partial charge in [-0.1, -0.05) is 0 Å². The Balaban J connectivity index is 1.62. The van der Waals surface area contributed by atoms with E-state index in [0.717, 1.165) is 12.2 Å². The van der Waals surface area contributed by atoms with Gasteiger partial charge in [0.25, 0.3) is 0 Å².